The molecule has 3 heteroatoms. The summed E-state index contributed by atoms with van der Waals surface area (Å²) < 4.78 is 5.10. The van der Waals surface area contributed by atoms with Crippen LogP contribution in [0.3, 0.4) is 0 Å². The summed E-state index contributed by atoms with van der Waals surface area (Å²) in [6, 6.07) is 12.0. The van der Waals surface area contributed by atoms with Crippen LogP contribution in [-0.4, -0.2) is 12.1 Å². The van der Waals surface area contributed by atoms with E-state index in [0.717, 1.165) is 10.6 Å². The first-order chi connectivity index (χ1) is 7.38. The Morgan fingerprint density at radius 1 is 1.07 bits per heavy atom. The SMILES string of the molecule is COc1ccc(Sc2cccnc2)cc1. The van der Waals surface area contributed by atoms with E-state index in [1.165, 1.54) is 4.90 Å². The van der Waals surface area contributed by atoms with Gasteiger partial charge < -0.3 is 4.74 Å². The van der Waals surface area contributed by atoms with Crippen LogP contribution in [0.25, 0.3) is 0 Å². The van der Waals surface area contributed by atoms with E-state index in [0.29, 0.717) is 0 Å². The van der Waals surface area contributed by atoms with Gasteiger partial charge in [-0.1, -0.05) is 11.8 Å². The van der Waals surface area contributed by atoms with Crippen molar-refractivity contribution < 1.29 is 4.74 Å². The zero-order chi connectivity index (χ0) is 10.5. The monoisotopic (exact) mass is 217 g/mol. The predicted molar refractivity (Wildman–Crippen MR) is 61.4 cm³/mol. The molecule has 1 aromatic heterocycles. The highest BCUT2D eigenvalue weighted by Gasteiger charge is 1.97. The van der Waals surface area contributed by atoms with Gasteiger partial charge in [0.1, 0.15) is 5.75 Å². The van der Waals surface area contributed by atoms with Crippen LogP contribution in [0.15, 0.2) is 58.6 Å². The fourth-order valence-corrected chi connectivity index (χ4v) is 1.99. The summed E-state index contributed by atoms with van der Waals surface area (Å²) in [6.45, 7) is 0. The molecule has 2 rings (SSSR count). The van der Waals surface area contributed by atoms with E-state index in [9.17, 15) is 0 Å². The van der Waals surface area contributed by atoms with Crippen molar-refractivity contribution in [2.45, 2.75) is 9.79 Å². The smallest absolute Gasteiger partial charge is 0.118 e. The van der Waals surface area contributed by atoms with Crippen molar-refractivity contribution in [3.8, 4) is 5.75 Å². The molecule has 1 aromatic carbocycles. The normalized spacial score (nSPS) is 9.93. The second kappa shape index (κ2) is 4.84. The number of hydrogen-bond donors (Lipinski definition) is 0. The first kappa shape index (κ1) is 10.1. The first-order valence-electron chi connectivity index (χ1n) is 4.60. The van der Waals surface area contributed by atoms with Gasteiger partial charge in [0.2, 0.25) is 0 Å². The maximum Gasteiger partial charge on any atom is 0.118 e. The molecule has 2 aromatic rings. The molecule has 76 valence electrons. The summed E-state index contributed by atoms with van der Waals surface area (Å²) in [5, 5.41) is 0. The number of ether oxygens (including phenoxy) is 1. The Labute approximate surface area is 93.3 Å². The molecule has 0 unspecified atom stereocenters. The molecule has 0 amide bonds. The number of nitrogens with zero attached hydrogens (tertiary/aromatic N) is 1. The van der Waals surface area contributed by atoms with Crippen molar-refractivity contribution in [1.29, 1.82) is 0 Å². The summed E-state index contributed by atoms with van der Waals surface area (Å²) in [7, 11) is 1.67. The summed E-state index contributed by atoms with van der Waals surface area (Å²) in [4.78, 5) is 6.39. The average Bonchev–Trinajstić information content (AvgIpc) is 2.31. The highest BCUT2D eigenvalue weighted by atomic mass is 32.2. The molecule has 0 aliphatic carbocycles. The van der Waals surface area contributed by atoms with Gasteiger partial charge in [-0.3, -0.25) is 4.98 Å². The van der Waals surface area contributed by atoms with E-state index in [2.05, 4.69) is 4.98 Å². The molecular formula is C12H11NOS. The predicted octanol–water partition coefficient (Wildman–Crippen LogP) is 3.24. The van der Waals surface area contributed by atoms with Crippen LogP contribution < -0.4 is 4.74 Å². The summed E-state index contributed by atoms with van der Waals surface area (Å²) in [6.07, 6.45) is 3.63. The second-order valence-electron chi connectivity index (χ2n) is 2.97. The minimum atomic E-state index is 0.880. The summed E-state index contributed by atoms with van der Waals surface area (Å²) in [5.74, 6) is 0.880. The Hall–Kier alpha value is -1.48. The number of hydrogen-bond acceptors (Lipinski definition) is 3. The third kappa shape index (κ3) is 2.73. The number of methoxy groups -OCH3 is 1. The van der Waals surface area contributed by atoms with Gasteiger partial charge >= 0.3 is 0 Å². The molecule has 15 heavy (non-hydrogen) atoms. The van der Waals surface area contributed by atoms with Gasteiger partial charge in [0.15, 0.2) is 0 Å². The van der Waals surface area contributed by atoms with Gasteiger partial charge in [-0.05, 0) is 36.4 Å². The Balaban J connectivity index is 2.11. The molecule has 0 N–H and O–H groups in total. The lowest BCUT2D eigenvalue weighted by Gasteiger charge is -2.02. The van der Waals surface area contributed by atoms with Crippen LogP contribution in [0.5, 0.6) is 5.75 Å². The van der Waals surface area contributed by atoms with Crippen molar-refractivity contribution in [1.82, 2.24) is 4.98 Å². The first-order valence-corrected chi connectivity index (χ1v) is 5.42. The molecule has 0 radical (unpaired) electrons. The van der Waals surface area contributed by atoms with Crippen molar-refractivity contribution in [2.75, 3.05) is 7.11 Å². The molecule has 0 aliphatic rings. The van der Waals surface area contributed by atoms with Crippen molar-refractivity contribution >= 4 is 11.8 Å². The number of benzene rings is 1. The zero-order valence-electron chi connectivity index (χ0n) is 8.38. The van der Waals surface area contributed by atoms with Crippen LogP contribution in [0.2, 0.25) is 0 Å². The van der Waals surface area contributed by atoms with E-state index in [1.54, 1.807) is 25.1 Å². The van der Waals surface area contributed by atoms with Gasteiger partial charge in [-0.25, -0.2) is 0 Å². The third-order valence-electron chi connectivity index (χ3n) is 1.93. The molecule has 2 nitrogen and oxygen atoms in total. The molecule has 0 saturated carbocycles. The Morgan fingerprint density at radius 3 is 2.47 bits per heavy atom. The second-order valence-corrected chi connectivity index (χ2v) is 4.11. The maximum absolute atomic E-state index is 5.10. The van der Waals surface area contributed by atoms with Crippen molar-refractivity contribution in [3.63, 3.8) is 0 Å². The van der Waals surface area contributed by atoms with E-state index in [1.807, 2.05) is 42.6 Å². The number of aromatic nitrogens is 1. The Kier molecular flexibility index (Phi) is 3.25. The topological polar surface area (TPSA) is 22.1 Å². The van der Waals surface area contributed by atoms with Crippen molar-refractivity contribution in [3.05, 3.63) is 48.8 Å². The Morgan fingerprint density at radius 2 is 1.87 bits per heavy atom. The lowest BCUT2D eigenvalue weighted by atomic mass is 10.3. The summed E-state index contributed by atoms with van der Waals surface area (Å²) >= 11 is 1.69. The van der Waals surface area contributed by atoms with E-state index < -0.39 is 0 Å². The highest BCUT2D eigenvalue weighted by Crippen LogP contribution is 2.27. The zero-order valence-corrected chi connectivity index (χ0v) is 9.20. The highest BCUT2D eigenvalue weighted by molar-refractivity contribution is 7.99. The fraction of sp³-hybridized carbons (Fsp3) is 0.0833. The minimum absolute atomic E-state index is 0.880. The van der Waals surface area contributed by atoms with Crippen LogP contribution in [0.1, 0.15) is 0 Å². The molecule has 0 spiro atoms. The van der Waals surface area contributed by atoms with Gasteiger partial charge in [0, 0.05) is 22.2 Å². The quantitative estimate of drug-likeness (QED) is 0.788. The van der Waals surface area contributed by atoms with Crippen LogP contribution in [0, 0.1) is 0 Å². The van der Waals surface area contributed by atoms with E-state index >= 15 is 0 Å². The Bertz CT molecular complexity index is 413. The molecule has 0 saturated heterocycles. The largest absolute Gasteiger partial charge is 0.497 e. The van der Waals surface area contributed by atoms with Gasteiger partial charge in [0.05, 0.1) is 7.11 Å². The molecular weight excluding hydrogens is 206 g/mol. The third-order valence-corrected chi connectivity index (χ3v) is 2.91. The lowest BCUT2D eigenvalue weighted by Crippen LogP contribution is -1.81. The van der Waals surface area contributed by atoms with Crippen LogP contribution >= 0.6 is 11.8 Å². The molecule has 0 atom stereocenters. The van der Waals surface area contributed by atoms with Crippen LogP contribution in [-0.2, 0) is 0 Å². The minimum Gasteiger partial charge on any atom is -0.497 e. The number of rotatable bonds is 3. The van der Waals surface area contributed by atoms with Crippen LogP contribution in [0.4, 0.5) is 0 Å². The summed E-state index contributed by atoms with van der Waals surface area (Å²) in [5.41, 5.74) is 0. The molecule has 0 fully saturated rings. The van der Waals surface area contributed by atoms with Gasteiger partial charge in [-0.15, -0.1) is 0 Å². The molecule has 0 aliphatic heterocycles. The standard InChI is InChI=1S/C12H11NOS/c1-14-10-4-6-11(7-5-10)15-12-3-2-8-13-9-12/h2-9H,1H3. The van der Waals surface area contributed by atoms with Crippen molar-refractivity contribution in [2.24, 2.45) is 0 Å². The lowest BCUT2D eigenvalue weighted by molar-refractivity contribution is 0.414. The number of pyridine rings is 1. The molecule has 1 heterocycles. The van der Waals surface area contributed by atoms with Gasteiger partial charge in [-0.2, -0.15) is 0 Å². The fourth-order valence-electron chi connectivity index (χ4n) is 1.19. The van der Waals surface area contributed by atoms with E-state index in [-0.39, 0.29) is 0 Å². The average molecular weight is 217 g/mol. The van der Waals surface area contributed by atoms with Gasteiger partial charge in [0.25, 0.3) is 0 Å². The molecule has 0 bridgehead atoms. The van der Waals surface area contributed by atoms with E-state index in [4.69, 9.17) is 4.74 Å². The maximum atomic E-state index is 5.10.